The molecule has 2 heterocycles. The first-order chi connectivity index (χ1) is 18.6. The monoisotopic (exact) mass is 592 g/mol. The van der Waals surface area contributed by atoms with Gasteiger partial charge in [-0.25, -0.2) is 8.42 Å². The number of hydrogen-bond acceptors (Lipinski definition) is 8. The average molecular weight is 593 g/mol. The number of ether oxygens (including phenoxy) is 1. The molecule has 1 fully saturated rings. The molecule has 210 valence electrons. The number of hydrogen-bond donors (Lipinski definition) is 0. The highest BCUT2D eigenvalue weighted by Crippen LogP contribution is 2.24. The molecule has 0 aliphatic carbocycles. The van der Waals surface area contributed by atoms with Crippen molar-refractivity contribution in [3.8, 4) is 0 Å². The van der Waals surface area contributed by atoms with Gasteiger partial charge in [0.25, 0.3) is 0 Å². The lowest BCUT2D eigenvalue weighted by Gasteiger charge is -2.41. The molecule has 1 unspecified atom stereocenters. The van der Waals surface area contributed by atoms with E-state index in [0.29, 0.717) is 31.2 Å². The Labute approximate surface area is 237 Å². The molecule has 4 rings (SSSR count). The number of carbonyl (C=O) groups is 2. The highest BCUT2D eigenvalue weighted by molar-refractivity contribution is 7.91. The highest BCUT2D eigenvalue weighted by atomic mass is 35.5. The lowest BCUT2D eigenvalue weighted by Crippen LogP contribution is -2.55. The van der Waals surface area contributed by atoms with E-state index in [9.17, 15) is 18.0 Å². The summed E-state index contributed by atoms with van der Waals surface area (Å²) in [6.07, 6.45) is -0.109. The topological polar surface area (TPSA) is 101 Å². The molecular formula is C27H33ClN4O5S2. The van der Waals surface area contributed by atoms with E-state index in [1.165, 1.54) is 0 Å². The van der Waals surface area contributed by atoms with Crippen LogP contribution in [-0.2, 0) is 37.8 Å². The van der Waals surface area contributed by atoms with Gasteiger partial charge in [0.2, 0.25) is 5.91 Å². The van der Waals surface area contributed by atoms with Crippen molar-refractivity contribution in [2.45, 2.75) is 37.2 Å². The fourth-order valence-electron chi connectivity index (χ4n) is 4.83. The summed E-state index contributed by atoms with van der Waals surface area (Å²) in [5, 5.41) is 4.24. The van der Waals surface area contributed by atoms with Crippen LogP contribution in [0.25, 0.3) is 10.8 Å². The molecule has 0 N–H and O–H groups in total. The Kier molecular flexibility index (Phi) is 9.47. The summed E-state index contributed by atoms with van der Waals surface area (Å²) in [5.41, 5.74) is 1.10. The second-order valence-electron chi connectivity index (χ2n) is 9.50. The van der Waals surface area contributed by atoms with Gasteiger partial charge < -0.3 is 14.2 Å². The molecule has 0 radical (unpaired) electrons. The first-order valence-corrected chi connectivity index (χ1v) is 15.7. The van der Waals surface area contributed by atoms with Crippen molar-refractivity contribution in [1.82, 2.24) is 14.4 Å². The first-order valence-electron chi connectivity index (χ1n) is 12.8. The van der Waals surface area contributed by atoms with E-state index in [1.54, 1.807) is 66.6 Å². The molecule has 1 saturated heterocycles. The quantitative estimate of drug-likeness (QED) is 0.354. The van der Waals surface area contributed by atoms with Crippen LogP contribution in [0.15, 0.2) is 51.7 Å². The Morgan fingerprint density at radius 3 is 2.62 bits per heavy atom. The van der Waals surface area contributed by atoms with Gasteiger partial charge in [-0.2, -0.15) is 0 Å². The third-order valence-corrected chi connectivity index (χ3v) is 9.91. The minimum Gasteiger partial charge on any atom is -0.466 e. The standard InChI is InChI=1S/C27H33ClN4O5S2/c1-4-37-26(34)15-22-16-31(17-23-18-38-27(29-2)30(23)3)10-11-32(22)25(33)9-12-39(35,36)24-8-6-19-13-21(28)7-5-20(19)14-24/h5-8,13-14,18,22H,4,9-12,15-17H2,1-3H3. The summed E-state index contributed by atoms with van der Waals surface area (Å²) in [6.45, 7) is 4.16. The number of nitrogens with zero attached hydrogens (tertiary/aromatic N) is 4. The number of esters is 1. The van der Waals surface area contributed by atoms with Gasteiger partial charge in [0.15, 0.2) is 14.6 Å². The Hall–Kier alpha value is -2.73. The maximum absolute atomic E-state index is 13.3. The van der Waals surface area contributed by atoms with E-state index in [1.807, 2.05) is 11.6 Å². The van der Waals surface area contributed by atoms with Crippen molar-refractivity contribution in [2.24, 2.45) is 12.0 Å². The molecule has 0 spiro atoms. The summed E-state index contributed by atoms with van der Waals surface area (Å²) < 4.78 is 33.4. The summed E-state index contributed by atoms with van der Waals surface area (Å²) in [4.78, 5) is 34.9. The maximum atomic E-state index is 13.3. The average Bonchev–Trinajstić information content (AvgIpc) is 3.26. The Morgan fingerprint density at radius 2 is 1.90 bits per heavy atom. The Morgan fingerprint density at radius 1 is 1.15 bits per heavy atom. The molecule has 1 aromatic heterocycles. The van der Waals surface area contributed by atoms with Crippen LogP contribution in [0.1, 0.15) is 25.5 Å². The summed E-state index contributed by atoms with van der Waals surface area (Å²) >= 11 is 7.60. The fourth-order valence-corrected chi connectivity index (χ4v) is 7.12. The van der Waals surface area contributed by atoms with Gasteiger partial charge in [0.1, 0.15) is 0 Å². The number of piperazine rings is 1. The van der Waals surface area contributed by atoms with Crippen LogP contribution < -0.4 is 4.80 Å². The number of aromatic nitrogens is 1. The van der Waals surface area contributed by atoms with Gasteiger partial charge in [0.05, 0.1) is 29.7 Å². The van der Waals surface area contributed by atoms with Gasteiger partial charge in [-0.15, -0.1) is 11.3 Å². The van der Waals surface area contributed by atoms with Crippen molar-refractivity contribution in [3.05, 3.63) is 57.3 Å². The zero-order valence-corrected chi connectivity index (χ0v) is 24.7. The molecule has 39 heavy (non-hydrogen) atoms. The minimum atomic E-state index is -3.69. The molecule has 1 aliphatic rings. The van der Waals surface area contributed by atoms with Crippen molar-refractivity contribution < 1.29 is 22.7 Å². The molecule has 1 amide bonds. The zero-order valence-electron chi connectivity index (χ0n) is 22.3. The normalized spacial score (nSPS) is 17.1. The minimum absolute atomic E-state index is 0.0569. The fraction of sp³-hybridized carbons (Fsp3) is 0.444. The molecule has 0 bridgehead atoms. The van der Waals surface area contributed by atoms with E-state index in [2.05, 4.69) is 15.3 Å². The number of benzene rings is 2. The van der Waals surface area contributed by atoms with Crippen LogP contribution >= 0.6 is 22.9 Å². The molecule has 0 saturated carbocycles. The zero-order chi connectivity index (χ0) is 28.2. The van der Waals surface area contributed by atoms with Crippen LogP contribution in [0.2, 0.25) is 5.02 Å². The first kappa shape index (κ1) is 29.3. The largest absolute Gasteiger partial charge is 0.466 e. The predicted molar refractivity (Wildman–Crippen MR) is 152 cm³/mol. The van der Waals surface area contributed by atoms with Crippen LogP contribution in [0.3, 0.4) is 0 Å². The molecule has 2 aromatic carbocycles. The smallest absolute Gasteiger partial charge is 0.307 e. The van der Waals surface area contributed by atoms with E-state index >= 15 is 0 Å². The van der Waals surface area contributed by atoms with Crippen molar-refractivity contribution in [1.29, 1.82) is 0 Å². The molecule has 12 heteroatoms. The van der Waals surface area contributed by atoms with Crippen LogP contribution in [0.4, 0.5) is 0 Å². The molecular weight excluding hydrogens is 560 g/mol. The summed E-state index contributed by atoms with van der Waals surface area (Å²) in [5.74, 6) is -0.974. The van der Waals surface area contributed by atoms with Crippen LogP contribution in [-0.4, -0.2) is 79.7 Å². The van der Waals surface area contributed by atoms with E-state index in [-0.39, 0.29) is 42.0 Å². The molecule has 9 nitrogen and oxygen atoms in total. The number of rotatable bonds is 9. The Balaban J connectivity index is 1.45. The number of carbonyl (C=O) groups excluding carboxylic acids is 2. The second-order valence-corrected chi connectivity index (χ2v) is 12.9. The number of amides is 1. The number of halogens is 1. The van der Waals surface area contributed by atoms with Gasteiger partial charge in [-0.05, 0) is 42.0 Å². The maximum Gasteiger partial charge on any atom is 0.307 e. The summed E-state index contributed by atoms with van der Waals surface area (Å²) in [7, 11) is 0.0287. The van der Waals surface area contributed by atoms with Gasteiger partial charge >= 0.3 is 5.97 Å². The predicted octanol–water partition coefficient (Wildman–Crippen LogP) is 3.25. The number of thiazole rings is 1. The second kappa shape index (κ2) is 12.6. The summed E-state index contributed by atoms with van der Waals surface area (Å²) in [6, 6.07) is 9.72. The lowest BCUT2D eigenvalue weighted by molar-refractivity contribution is -0.147. The number of fused-ring (bicyclic) bond motifs is 1. The van der Waals surface area contributed by atoms with Crippen molar-refractivity contribution >= 4 is 55.4 Å². The van der Waals surface area contributed by atoms with Gasteiger partial charge in [-0.3, -0.25) is 19.5 Å². The van der Waals surface area contributed by atoms with E-state index in [4.69, 9.17) is 16.3 Å². The number of sulfone groups is 1. The molecule has 3 aromatic rings. The van der Waals surface area contributed by atoms with Crippen LogP contribution in [0, 0.1) is 0 Å². The Bertz CT molecular complexity index is 1530. The van der Waals surface area contributed by atoms with Crippen LogP contribution in [0.5, 0.6) is 0 Å². The van der Waals surface area contributed by atoms with Gasteiger partial charge in [0, 0.05) is 62.8 Å². The SMILES string of the molecule is CCOC(=O)CC1CN(Cc2csc(=NC)n2C)CCN1C(=O)CCS(=O)(=O)c1ccc2cc(Cl)ccc2c1. The molecule has 1 aliphatic heterocycles. The van der Waals surface area contributed by atoms with Crippen molar-refractivity contribution in [3.63, 3.8) is 0 Å². The third kappa shape index (κ3) is 7.08. The third-order valence-electron chi connectivity index (χ3n) is 6.91. The highest BCUT2D eigenvalue weighted by Gasteiger charge is 2.33. The van der Waals surface area contributed by atoms with Crippen molar-refractivity contribution in [2.75, 3.05) is 39.0 Å². The lowest BCUT2D eigenvalue weighted by atomic mass is 10.1. The van der Waals surface area contributed by atoms with E-state index in [0.717, 1.165) is 21.3 Å². The van der Waals surface area contributed by atoms with Gasteiger partial charge in [-0.1, -0.05) is 23.7 Å². The van der Waals surface area contributed by atoms with E-state index < -0.39 is 15.9 Å². The molecule has 1 atom stereocenters.